The lowest BCUT2D eigenvalue weighted by molar-refractivity contribution is 0.749. The minimum Gasteiger partial charge on any atom is -0.265 e. The molecule has 0 N–H and O–H groups in total. The Morgan fingerprint density at radius 1 is 1.25 bits per heavy atom. The number of alkyl halides is 1. The summed E-state index contributed by atoms with van der Waals surface area (Å²) in [6, 6.07) is 4.17. The molecule has 2 heterocycles. The summed E-state index contributed by atoms with van der Waals surface area (Å²) in [6.45, 7) is 4.41. The van der Waals surface area contributed by atoms with Gasteiger partial charge in [0.1, 0.15) is 0 Å². The van der Waals surface area contributed by atoms with E-state index >= 15 is 0 Å². The fraction of sp³-hybridized carbons (Fsp3) is 0.308. The van der Waals surface area contributed by atoms with Gasteiger partial charge in [0.15, 0.2) is 0 Å². The highest BCUT2D eigenvalue weighted by molar-refractivity contribution is 9.09. The Labute approximate surface area is 109 Å². The summed E-state index contributed by atoms with van der Waals surface area (Å²) in [5.74, 6) is 0.455. The van der Waals surface area contributed by atoms with Crippen LogP contribution in [0.1, 0.15) is 34.4 Å². The number of aromatic nitrogens is 1. The van der Waals surface area contributed by atoms with Gasteiger partial charge in [-0.25, -0.2) is 0 Å². The second kappa shape index (κ2) is 5.11. The second-order valence-corrected chi connectivity index (χ2v) is 5.71. The standard InChI is InChI=1S/C13H14BrNS/c1-9-7-16-8-12(9)13(14)10(2)11-3-5-15-6-4-11/h3-8,10,13H,1-2H3. The van der Waals surface area contributed by atoms with E-state index in [1.165, 1.54) is 16.7 Å². The first-order valence-electron chi connectivity index (χ1n) is 5.27. The molecule has 0 aliphatic carbocycles. The molecule has 2 aromatic rings. The van der Waals surface area contributed by atoms with Crippen molar-refractivity contribution in [1.82, 2.24) is 4.98 Å². The highest BCUT2D eigenvalue weighted by atomic mass is 79.9. The van der Waals surface area contributed by atoms with Crippen LogP contribution in [0.4, 0.5) is 0 Å². The fourth-order valence-electron chi connectivity index (χ4n) is 1.76. The Morgan fingerprint density at radius 3 is 2.50 bits per heavy atom. The third kappa shape index (κ3) is 2.36. The van der Waals surface area contributed by atoms with E-state index in [-0.39, 0.29) is 0 Å². The van der Waals surface area contributed by atoms with E-state index in [0.29, 0.717) is 10.7 Å². The molecule has 0 spiro atoms. The highest BCUT2D eigenvalue weighted by Crippen LogP contribution is 2.39. The van der Waals surface area contributed by atoms with Gasteiger partial charge in [0.25, 0.3) is 0 Å². The molecule has 0 radical (unpaired) electrons. The molecule has 2 aromatic heterocycles. The van der Waals surface area contributed by atoms with Crippen LogP contribution in [0.2, 0.25) is 0 Å². The SMILES string of the molecule is Cc1cscc1C(Br)C(C)c1ccncc1. The van der Waals surface area contributed by atoms with Crippen molar-refractivity contribution in [3.8, 4) is 0 Å². The summed E-state index contributed by atoms with van der Waals surface area (Å²) < 4.78 is 0. The molecule has 0 aliphatic heterocycles. The van der Waals surface area contributed by atoms with Gasteiger partial charge in [-0.1, -0.05) is 22.9 Å². The van der Waals surface area contributed by atoms with Crippen LogP contribution in [0, 0.1) is 6.92 Å². The van der Waals surface area contributed by atoms with Gasteiger partial charge < -0.3 is 0 Å². The van der Waals surface area contributed by atoms with Gasteiger partial charge >= 0.3 is 0 Å². The van der Waals surface area contributed by atoms with E-state index < -0.39 is 0 Å². The van der Waals surface area contributed by atoms with Crippen molar-refractivity contribution in [2.75, 3.05) is 0 Å². The van der Waals surface area contributed by atoms with Crippen LogP contribution >= 0.6 is 27.3 Å². The van der Waals surface area contributed by atoms with Crippen LogP contribution in [-0.4, -0.2) is 4.98 Å². The molecule has 2 unspecified atom stereocenters. The summed E-state index contributed by atoms with van der Waals surface area (Å²) in [5, 5.41) is 4.43. The Morgan fingerprint density at radius 2 is 1.94 bits per heavy atom. The van der Waals surface area contributed by atoms with E-state index in [0.717, 1.165) is 0 Å². The molecule has 0 aliphatic rings. The van der Waals surface area contributed by atoms with Crippen LogP contribution in [0.3, 0.4) is 0 Å². The molecule has 3 heteroatoms. The molecule has 2 rings (SSSR count). The van der Waals surface area contributed by atoms with Crippen LogP contribution < -0.4 is 0 Å². The van der Waals surface area contributed by atoms with E-state index in [4.69, 9.17) is 0 Å². The number of thiophene rings is 1. The predicted molar refractivity (Wildman–Crippen MR) is 73.4 cm³/mol. The maximum Gasteiger partial charge on any atom is 0.0472 e. The molecule has 84 valence electrons. The molecule has 0 saturated heterocycles. The number of aryl methyl sites for hydroxylation is 1. The zero-order chi connectivity index (χ0) is 11.5. The highest BCUT2D eigenvalue weighted by Gasteiger charge is 2.19. The first-order chi connectivity index (χ1) is 7.70. The summed E-state index contributed by atoms with van der Waals surface area (Å²) in [4.78, 5) is 4.43. The first-order valence-corrected chi connectivity index (χ1v) is 7.12. The van der Waals surface area contributed by atoms with Gasteiger partial charge in [0.05, 0.1) is 0 Å². The topological polar surface area (TPSA) is 12.9 Å². The van der Waals surface area contributed by atoms with Crippen LogP contribution in [-0.2, 0) is 0 Å². The molecular weight excluding hydrogens is 282 g/mol. The molecule has 0 saturated carbocycles. The van der Waals surface area contributed by atoms with Gasteiger partial charge in [-0.3, -0.25) is 4.98 Å². The second-order valence-electron chi connectivity index (χ2n) is 3.98. The van der Waals surface area contributed by atoms with Gasteiger partial charge in [-0.05, 0) is 52.4 Å². The largest absolute Gasteiger partial charge is 0.265 e. The minimum absolute atomic E-state index is 0.376. The van der Waals surface area contributed by atoms with Gasteiger partial charge in [-0.15, -0.1) is 0 Å². The molecule has 16 heavy (non-hydrogen) atoms. The number of rotatable bonds is 3. The van der Waals surface area contributed by atoms with Crippen molar-refractivity contribution in [3.63, 3.8) is 0 Å². The molecule has 0 amide bonds. The van der Waals surface area contributed by atoms with E-state index in [2.05, 4.69) is 57.7 Å². The van der Waals surface area contributed by atoms with Crippen molar-refractivity contribution >= 4 is 27.3 Å². The first kappa shape index (κ1) is 11.8. The number of nitrogens with zero attached hydrogens (tertiary/aromatic N) is 1. The van der Waals surface area contributed by atoms with Crippen LogP contribution in [0.25, 0.3) is 0 Å². The Kier molecular flexibility index (Phi) is 3.77. The van der Waals surface area contributed by atoms with Crippen LogP contribution in [0.5, 0.6) is 0 Å². The molecule has 0 bridgehead atoms. The molecule has 0 fully saturated rings. The average Bonchev–Trinajstić information content (AvgIpc) is 2.75. The predicted octanol–water partition coefficient (Wildman–Crippen LogP) is 4.69. The summed E-state index contributed by atoms with van der Waals surface area (Å²) >= 11 is 5.57. The number of hydrogen-bond acceptors (Lipinski definition) is 2. The molecule has 1 nitrogen and oxygen atoms in total. The van der Waals surface area contributed by atoms with E-state index in [1.54, 1.807) is 11.3 Å². The quantitative estimate of drug-likeness (QED) is 0.749. The maximum absolute atomic E-state index is 4.05. The zero-order valence-corrected chi connectivity index (χ0v) is 11.8. The lowest BCUT2D eigenvalue weighted by atomic mass is 9.94. The van der Waals surface area contributed by atoms with Crippen molar-refractivity contribution in [2.24, 2.45) is 0 Å². The molecule has 2 atom stereocenters. The third-order valence-corrected chi connectivity index (χ3v) is 5.03. The normalized spacial score (nSPS) is 14.7. The average molecular weight is 296 g/mol. The Hall–Kier alpha value is -0.670. The number of hydrogen-bond donors (Lipinski definition) is 0. The number of halogens is 1. The van der Waals surface area contributed by atoms with E-state index in [9.17, 15) is 0 Å². The lowest BCUT2D eigenvalue weighted by Crippen LogP contribution is -2.02. The monoisotopic (exact) mass is 295 g/mol. The summed E-state index contributed by atoms with van der Waals surface area (Å²) in [6.07, 6.45) is 3.71. The number of pyridine rings is 1. The third-order valence-electron chi connectivity index (χ3n) is 2.86. The van der Waals surface area contributed by atoms with Gasteiger partial charge in [-0.2, -0.15) is 11.3 Å². The Balaban J connectivity index is 2.23. The van der Waals surface area contributed by atoms with Crippen molar-refractivity contribution in [2.45, 2.75) is 24.6 Å². The fourth-order valence-corrected chi connectivity index (χ4v) is 3.62. The summed E-state index contributed by atoms with van der Waals surface area (Å²) in [7, 11) is 0. The van der Waals surface area contributed by atoms with E-state index in [1.807, 2.05) is 12.4 Å². The Bertz CT molecular complexity index is 452. The maximum atomic E-state index is 4.05. The lowest BCUT2D eigenvalue weighted by Gasteiger charge is -2.18. The minimum atomic E-state index is 0.376. The van der Waals surface area contributed by atoms with Crippen LogP contribution in [0.15, 0.2) is 35.3 Å². The summed E-state index contributed by atoms with van der Waals surface area (Å²) in [5.41, 5.74) is 4.09. The smallest absolute Gasteiger partial charge is 0.0472 e. The van der Waals surface area contributed by atoms with Gasteiger partial charge in [0.2, 0.25) is 0 Å². The molecular formula is C13H14BrNS. The van der Waals surface area contributed by atoms with Crippen molar-refractivity contribution in [3.05, 3.63) is 52.0 Å². The molecule has 0 aromatic carbocycles. The van der Waals surface area contributed by atoms with Crippen molar-refractivity contribution in [1.29, 1.82) is 0 Å². The van der Waals surface area contributed by atoms with Gasteiger partial charge in [0, 0.05) is 17.2 Å². The van der Waals surface area contributed by atoms with Crippen molar-refractivity contribution < 1.29 is 0 Å². The zero-order valence-electron chi connectivity index (χ0n) is 9.35.